The van der Waals surface area contributed by atoms with Gasteiger partial charge in [0.1, 0.15) is 5.60 Å². The molecule has 0 aromatic heterocycles. The summed E-state index contributed by atoms with van der Waals surface area (Å²) in [5, 5.41) is 0. The molecule has 1 amide bonds. The lowest BCUT2D eigenvalue weighted by Gasteiger charge is -2.38. The summed E-state index contributed by atoms with van der Waals surface area (Å²) >= 11 is 0. The second-order valence-electron chi connectivity index (χ2n) is 7.69. The quantitative estimate of drug-likeness (QED) is 0.738. The van der Waals surface area contributed by atoms with Crippen molar-refractivity contribution in [2.75, 3.05) is 24.5 Å². The Morgan fingerprint density at radius 1 is 1.27 bits per heavy atom. The molecule has 4 nitrogen and oxygen atoms in total. The van der Waals surface area contributed by atoms with Crippen LogP contribution in [0.25, 0.3) is 0 Å². The molecule has 1 aromatic rings. The molecule has 0 unspecified atom stereocenters. The Bertz CT molecular complexity index is 620. The number of ether oxygens (including phenoxy) is 1. The van der Waals surface area contributed by atoms with Gasteiger partial charge in [0.05, 0.1) is 0 Å². The molecule has 0 radical (unpaired) electrons. The van der Waals surface area contributed by atoms with Crippen molar-refractivity contribution in [1.29, 1.82) is 0 Å². The second kappa shape index (κ2) is 4.64. The number of benzene rings is 1. The van der Waals surface area contributed by atoms with E-state index in [4.69, 9.17) is 4.74 Å². The smallest absolute Gasteiger partial charge is 0.410 e. The summed E-state index contributed by atoms with van der Waals surface area (Å²) in [6.07, 6.45) is 2.04. The Labute approximate surface area is 132 Å². The Morgan fingerprint density at radius 3 is 2.86 bits per heavy atom. The van der Waals surface area contributed by atoms with Gasteiger partial charge in [-0.1, -0.05) is 18.2 Å². The Balaban J connectivity index is 1.58. The van der Waals surface area contributed by atoms with E-state index in [0.717, 1.165) is 26.1 Å². The predicted octanol–water partition coefficient (Wildman–Crippen LogP) is 3.16. The molecule has 3 aliphatic heterocycles. The number of carbonyl (C=O) groups excluding carboxylic acids is 1. The van der Waals surface area contributed by atoms with Gasteiger partial charge < -0.3 is 14.5 Å². The zero-order valence-electron chi connectivity index (χ0n) is 13.6. The van der Waals surface area contributed by atoms with Crippen molar-refractivity contribution in [3.63, 3.8) is 0 Å². The highest BCUT2D eigenvalue weighted by molar-refractivity contribution is 5.72. The summed E-state index contributed by atoms with van der Waals surface area (Å²) in [4.78, 5) is 16.8. The molecular formula is C18H24N2O2. The first-order chi connectivity index (χ1) is 10.4. The normalized spacial score (nSPS) is 26.0. The number of piperidine rings is 1. The van der Waals surface area contributed by atoms with E-state index in [0.29, 0.717) is 12.0 Å². The Morgan fingerprint density at radius 2 is 2.09 bits per heavy atom. The lowest BCUT2D eigenvalue weighted by Crippen LogP contribution is -2.49. The van der Waals surface area contributed by atoms with E-state index in [-0.39, 0.29) is 6.09 Å². The van der Waals surface area contributed by atoms with Crippen LogP contribution in [0, 0.1) is 0 Å². The van der Waals surface area contributed by atoms with Crippen LogP contribution in [-0.2, 0) is 11.2 Å². The molecule has 118 valence electrons. The monoisotopic (exact) mass is 300 g/mol. The fraction of sp³-hybridized carbons (Fsp3) is 0.611. The van der Waals surface area contributed by atoms with E-state index in [2.05, 4.69) is 23.1 Å². The first-order valence-electron chi connectivity index (χ1n) is 8.30. The van der Waals surface area contributed by atoms with Gasteiger partial charge in [-0.2, -0.15) is 0 Å². The number of carbonyl (C=O) groups is 1. The minimum atomic E-state index is -0.424. The van der Waals surface area contributed by atoms with Crippen molar-refractivity contribution >= 4 is 11.8 Å². The number of amides is 1. The number of hydrogen-bond acceptors (Lipinski definition) is 3. The molecule has 1 fully saturated rings. The number of hydrogen-bond donors (Lipinski definition) is 0. The number of likely N-dealkylation sites (tertiary alicyclic amines) is 1. The largest absolute Gasteiger partial charge is 0.444 e. The van der Waals surface area contributed by atoms with Crippen molar-refractivity contribution in [2.45, 2.75) is 51.2 Å². The van der Waals surface area contributed by atoms with Gasteiger partial charge in [0.25, 0.3) is 0 Å². The fourth-order valence-corrected chi connectivity index (χ4v) is 4.26. The van der Waals surface area contributed by atoms with Crippen LogP contribution in [0.4, 0.5) is 10.5 Å². The third-order valence-corrected chi connectivity index (χ3v) is 5.09. The maximum atomic E-state index is 12.4. The molecule has 0 N–H and O–H groups in total. The first-order valence-corrected chi connectivity index (χ1v) is 8.30. The average Bonchev–Trinajstić information content (AvgIpc) is 3.01. The van der Waals surface area contributed by atoms with Crippen LogP contribution in [-0.4, -0.2) is 42.3 Å². The van der Waals surface area contributed by atoms with Crippen molar-refractivity contribution in [2.24, 2.45) is 0 Å². The average molecular weight is 300 g/mol. The van der Waals surface area contributed by atoms with E-state index in [1.54, 1.807) is 0 Å². The van der Waals surface area contributed by atoms with Gasteiger partial charge in [-0.05, 0) is 44.7 Å². The Hall–Kier alpha value is -1.71. The van der Waals surface area contributed by atoms with Crippen LogP contribution < -0.4 is 4.90 Å². The van der Waals surface area contributed by atoms with Crippen molar-refractivity contribution in [1.82, 2.24) is 4.90 Å². The molecule has 0 saturated carbocycles. The molecule has 0 spiro atoms. The van der Waals surface area contributed by atoms with Crippen LogP contribution in [0.5, 0.6) is 0 Å². The number of anilines is 1. The number of nitrogens with zero attached hydrogens (tertiary/aromatic N) is 2. The van der Waals surface area contributed by atoms with E-state index < -0.39 is 5.60 Å². The lowest BCUT2D eigenvalue weighted by molar-refractivity contribution is 0.0189. The van der Waals surface area contributed by atoms with Crippen LogP contribution in [0.1, 0.15) is 44.2 Å². The summed E-state index contributed by atoms with van der Waals surface area (Å²) in [5.41, 5.74) is 3.96. The van der Waals surface area contributed by atoms with Gasteiger partial charge in [-0.25, -0.2) is 4.79 Å². The minimum Gasteiger partial charge on any atom is -0.444 e. The van der Waals surface area contributed by atoms with Crippen molar-refractivity contribution in [3.05, 3.63) is 29.3 Å². The molecule has 3 aliphatic rings. The third-order valence-electron chi connectivity index (χ3n) is 5.09. The highest BCUT2D eigenvalue weighted by Crippen LogP contribution is 2.49. The SMILES string of the molecule is CC(C)(C)OC(=O)N1CC[C@@H]2[C@H](C1)c1cccc3c1N2CC3. The van der Waals surface area contributed by atoms with Crippen LogP contribution in [0.15, 0.2) is 18.2 Å². The molecule has 4 rings (SSSR count). The van der Waals surface area contributed by atoms with Crippen LogP contribution in [0.2, 0.25) is 0 Å². The van der Waals surface area contributed by atoms with Gasteiger partial charge >= 0.3 is 6.09 Å². The van der Waals surface area contributed by atoms with Gasteiger partial charge in [0, 0.05) is 37.3 Å². The van der Waals surface area contributed by atoms with Gasteiger partial charge in [-0.15, -0.1) is 0 Å². The number of fused-ring (bicyclic) bond motifs is 3. The number of para-hydroxylation sites is 1. The molecule has 1 aromatic carbocycles. The van der Waals surface area contributed by atoms with Crippen LogP contribution >= 0.6 is 0 Å². The van der Waals surface area contributed by atoms with Crippen LogP contribution in [0.3, 0.4) is 0 Å². The lowest BCUT2D eigenvalue weighted by atomic mass is 9.88. The molecular weight excluding hydrogens is 276 g/mol. The molecule has 1 saturated heterocycles. The maximum absolute atomic E-state index is 12.4. The van der Waals surface area contributed by atoms with E-state index >= 15 is 0 Å². The topological polar surface area (TPSA) is 32.8 Å². The Kier molecular flexibility index (Phi) is 2.94. The zero-order chi connectivity index (χ0) is 15.5. The maximum Gasteiger partial charge on any atom is 0.410 e. The molecule has 4 heteroatoms. The fourth-order valence-electron chi connectivity index (χ4n) is 4.26. The highest BCUT2D eigenvalue weighted by atomic mass is 16.6. The van der Waals surface area contributed by atoms with E-state index in [9.17, 15) is 4.79 Å². The summed E-state index contributed by atoms with van der Waals surface area (Å²) in [5.74, 6) is 0.441. The molecule has 0 aliphatic carbocycles. The molecule has 0 bridgehead atoms. The molecule has 22 heavy (non-hydrogen) atoms. The predicted molar refractivity (Wildman–Crippen MR) is 86.4 cm³/mol. The summed E-state index contributed by atoms with van der Waals surface area (Å²) in [6, 6.07) is 7.24. The third kappa shape index (κ3) is 2.08. The summed E-state index contributed by atoms with van der Waals surface area (Å²) < 4.78 is 5.55. The van der Waals surface area contributed by atoms with Gasteiger partial charge in [0.2, 0.25) is 0 Å². The summed E-state index contributed by atoms with van der Waals surface area (Å²) in [7, 11) is 0. The van der Waals surface area contributed by atoms with E-state index in [1.807, 2.05) is 25.7 Å². The van der Waals surface area contributed by atoms with E-state index in [1.165, 1.54) is 23.2 Å². The van der Waals surface area contributed by atoms with Crippen molar-refractivity contribution < 1.29 is 9.53 Å². The minimum absolute atomic E-state index is 0.167. The standard InChI is InChI=1S/C18H24N2O2/c1-18(2,3)22-17(21)19-9-8-15-14(11-19)13-6-4-5-12-7-10-20(15)16(12)13/h4-6,14-15H,7-11H2,1-3H3/t14-,15-/m1/s1. The van der Waals surface area contributed by atoms with Gasteiger partial charge in [0.15, 0.2) is 0 Å². The van der Waals surface area contributed by atoms with Gasteiger partial charge in [-0.3, -0.25) is 0 Å². The van der Waals surface area contributed by atoms with Crippen molar-refractivity contribution in [3.8, 4) is 0 Å². The molecule has 2 atom stereocenters. The number of rotatable bonds is 0. The highest BCUT2D eigenvalue weighted by Gasteiger charge is 2.45. The molecule has 3 heterocycles. The zero-order valence-corrected chi connectivity index (χ0v) is 13.6. The summed E-state index contributed by atoms with van der Waals surface area (Å²) in [6.45, 7) is 8.50. The second-order valence-corrected chi connectivity index (χ2v) is 7.69. The first kappa shape index (κ1) is 13.9.